The molecule has 0 aliphatic heterocycles. The van der Waals surface area contributed by atoms with E-state index in [1.165, 1.54) is 6.07 Å². The van der Waals surface area contributed by atoms with E-state index in [1.807, 2.05) is 0 Å². The minimum atomic E-state index is -0.394. The molecular formula is C14H18N4O2. The van der Waals surface area contributed by atoms with Gasteiger partial charge in [0.25, 0.3) is 5.69 Å². The van der Waals surface area contributed by atoms with Crippen molar-refractivity contribution in [2.75, 3.05) is 13.1 Å². The highest BCUT2D eigenvalue weighted by molar-refractivity contribution is 5.81. The highest BCUT2D eigenvalue weighted by atomic mass is 16.6. The maximum Gasteiger partial charge on any atom is 0.271 e. The highest BCUT2D eigenvalue weighted by Crippen LogP contribution is 2.21. The molecular weight excluding hydrogens is 256 g/mol. The van der Waals surface area contributed by atoms with Crippen molar-refractivity contribution in [1.29, 1.82) is 0 Å². The van der Waals surface area contributed by atoms with Gasteiger partial charge in [-0.3, -0.25) is 14.8 Å². The van der Waals surface area contributed by atoms with Crippen molar-refractivity contribution in [1.82, 2.24) is 15.1 Å². The molecule has 0 saturated heterocycles. The number of hydrogen-bond donors (Lipinski definition) is 1. The van der Waals surface area contributed by atoms with Crippen LogP contribution in [0.1, 0.15) is 13.3 Å². The lowest BCUT2D eigenvalue weighted by Crippen LogP contribution is -2.19. The van der Waals surface area contributed by atoms with Crippen LogP contribution < -0.4 is 5.32 Å². The first-order chi connectivity index (χ1) is 9.61. The van der Waals surface area contributed by atoms with Gasteiger partial charge >= 0.3 is 0 Å². The Balaban J connectivity index is 2.15. The quantitative estimate of drug-likeness (QED) is 0.364. The maximum atomic E-state index is 10.8. The van der Waals surface area contributed by atoms with Gasteiger partial charge in [0.15, 0.2) is 0 Å². The molecule has 2 aromatic rings. The van der Waals surface area contributed by atoms with Gasteiger partial charge in [0.05, 0.1) is 23.2 Å². The van der Waals surface area contributed by atoms with Crippen LogP contribution in [0.25, 0.3) is 10.9 Å². The Labute approximate surface area is 117 Å². The molecule has 1 N–H and O–H groups in total. The summed E-state index contributed by atoms with van der Waals surface area (Å²) in [5.74, 6) is 0. The molecule has 106 valence electrons. The third kappa shape index (κ3) is 3.21. The average Bonchev–Trinajstić information content (AvgIpc) is 2.81. The lowest BCUT2D eigenvalue weighted by Gasteiger charge is -2.08. The molecule has 0 spiro atoms. The first kappa shape index (κ1) is 14.2. The van der Waals surface area contributed by atoms with Crippen molar-refractivity contribution in [3.8, 4) is 0 Å². The van der Waals surface area contributed by atoms with Crippen LogP contribution in [-0.4, -0.2) is 27.8 Å². The topological polar surface area (TPSA) is 73.0 Å². The zero-order valence-electron chi connectivity index (χ0n) is 11.5. The van der Waals surface area contributed by atoms with E-state index in [9.17, 15) is 10.1 Å². The van der Waals surface area contributed by atoms with Gasteiger partial charge in [-0.05, 0) is 24.6 Å². The van der Waals surface area contributed by atoms with Crippen LogP contribution in [0.5, 0.6) is 0 Å². The van der Waals surface area contributed by atoms with Gasteiger partial charge in [-0.15, -0.1) is 0 Å². The van der Waals surface area contributed by atoms with Crippen molar-refractivity contribution in [3.05, 3.63) is 46.7 Å². The van der Waals surface area contributed by atoms with Crippen molar-refractivity contribution < 1.29 is 4.92 Å². The molecule has 0 saturated carbocycles. The predicted molar refractivity (Wildman–Crippen MR) is 78.7 cm³/mol. The number of aromatic nitrogens is 2. The van der Waals surface area contributed by atoms with Gasteiger partial charge < -0.3 is 5.32 Å². The van der Waals surface area contributed by atoms with E-state index in [0.29, 0.717) is 6.54 Å². The second-order valence-electron chi connectivity index (χ2n) is 4.73. The molecule has 1 aromatic heterocycles. The lowest BCUT2D eigenvalue weighted by molar-refractivity contribution is -0.384. The Morgan fingerprint density at radius 1 is 1.55 bits per heavy atom. The van der Waals surface area contributed by atoms with Crippen LogP contribution in [0.4, 0.5) is 5.69 Å². The van der Waals surface area contributed by atoms with E-state index in [0.717, 1.165) is 36.0 Å². The molecule has 6 heteroatoms. The van der Waals surface area contributed by atoms with E-state index < -0.39 is 4.92 Å². The molecule has 0 unspecified atom stereocenters. The third-order valence-electron chi connectivity index (χ3n) is 3.01. The van der Waals surface area contributed by atoms with Crippen LogP contribution in [0.15, 0.2) is 36.5 Å². The van der Waals surface area contributed by atoms with Crippen molar-refractivity contribution in [2.24, 2.45) is 0 Å². The zero-order chi connectivity index (χ0) is 14.5. The fourth-order valence-corrected chi connectivity index (χ4v) is 2.01. The maximum absolute atomic E-state index is 10.8. The molecule has 2 rings (SSSR count). The second kappa shape index (κ2) is 6.29. The number of nitro groups is 1. The smallest absolute Gasteiger partial charge is 0.271 e. The molecule has 1 aromatic carbocycles. The van der Waals surface area contributed by atoms with E-state index in [2.05, 4.69) is 23.9 Å². The number of nitrogens with zero attached hydrogens (tertiary/aromatic N) is 3. The zero-order valence-corrected chi connectivity index (χ0v) is 11.5. The second-order valence-corrected chi connectivity index (χ2v) is 4.73. The largest absolute Gasteiger partial charge is 0.313 e. The Bertz CT molecular complexity index is 633. The van der Waals surface area contributed by atoms with Crippen molar-refractivity contribution in [3.63, 3.8) is 0 Å². The Hall–Kier alpha value is -2.21. The summed E-state index contributed by atoms with van der Waals surface area (Å²) in [6, 6.07) is 4.76. The number of non-ortho nitro benzene ring substituents is 1. The number of fused-ring (bicyclic) bond motifs is 1. The number of hydrogen-bond acceptors (Lipinski definition) is 4. The minimum Gasteiger partial charge on any atom is -0.313 e. The van der Waals surface area contributed by atoms with E-state index >= 15 is 0 Å². The molecule has 20 heavy (non-hydrogen) atoms. The predicted octanol–water partition coefficient (Wildman–Crippen LogP) is 2.50. The molecule has 6 nitrogen and oxygen atoms in total. The minimum absolute atomic E-state index is 0.0778. The van der Waals surface area contributed by atoms with Gasteiger partial charge in [0.1, 0.15) is 0 Å². The summed E-state index contributed by atoms with van der Waals surface area (Å²) in [4.78, 5) is 10.4. The van der Waals surface area contributed by atoms with E-state index in [4.69, 9.17) is 0 Å². The van der Waals surface area contributed by atoms with Gasteiger partial charge in [0.2, 0.25) is 0 Å². The fraction of sp³-hybridized carbons (Fsp3) is 0.357. The summed E-state index contributed by atoms with van der Waals surface area (Å²) in [5, 5.41) is 19.3. The van der Waals surface area contributed by atoms with Crippen molar-refractivity contribution in [2.45, 2.75) is 19.9 Å². The Morgan fingerprint density at radius 3 is 3.05 bits per heavy atom. The van der Waals surface area contributed by atoms with Crippen LogP contribution in [0, 0.1) is 10.1 Å². The van der Waals surface area contributed by atoms with Gasteiger partial charge in [-0.1, -0.05) is 13.5 Å². The molecule has 0 atom stereocenters. The summed E-state index contributed by atoms with van der Waals surface area (Å²) in [6.45, 7) is 8.35. The summed E-state index contributed by atoms with van der Waals surface area (Å²) < 4.78 is 1.75. The molecule has 1 heterocycles. The first-order valence-electron chi connectivity index (χ1n) is 6.59. The molecule has 0 radical (unpaired) electrons. The third-order valence-corrected chi connectivity index (χ3v) is 3.01. The van der Waals surface area contributed by atoms with E-state index in [1.54, 1.807) is 23.0 Å². The molecule has 0 bridgehead atoms. The van der Waals surface area contributed by atoms with Gasteiger partial charge in [0, 0.05) is 24.1 Å². The monoisotopic (exact) mass is 274 g/mol. The molecule has 0 aliphatic rings. The van der Waals surface area contributed by atoms with Crippen LogP contribution in [-0.2, 0) is 6.54 Å². The summed E-state index contributed by atoms with van der Waals surface area (Å²) in [7, 11) is 0. The summed E-state index contributed by atoms with van der Waals surface area (Å²) in [5.41, 5.74) is 1.83. The average molecular weight is 274 g/mol. The molecule has 0 amide bonds. The summed E-state index contributed by atoms with van der Waals surface area (Å²) in [6.07, 6.45) is 2.79. The molecule has 0 fully saturated rings. The number of nitrogens with one attached hydrogen (secondary N) is 1. The molecule has 0 aliphatic carbocycles. The fourth-order valence-electron chi connectivity index (χ4n) is 2.01. The number of rotatable bonds is 7. The van der Waals surface area contributed by atoms with Crippen LogP contribution >= 0.6 is 0 Å². The lowest BCUT2D eigenvalue weighted by atomic mass is 10.2. The van der Waals surface area contributed by atoms with Gasteiger partial charge in [-0.25, -0.2) is 0 Å². The van der Waals surface area contributed by atoms with Crippen LogP contribution in [0.3, 0.4) is 0 Å². The number of nitro benzene ring substituents is 1. The Morgan fingerprint density at radius 2 is 2.35 bits per heavy atom. The van der Waals surface area contributed by atoms with Crippen molar-refractivity contribution >= 4 is 16.6 Å². The first-order valence-corrected chi connectivity index (χ1v) is 6.59. The summed E-state index contributed by atoms with van der Waals surface area (Å²) >= 11 is 0. The number of benzene rings is 1. The Kier molecular flexibility index (Phi) is 4.47. The normalized spacial score (nSPS) is 10.8. The SMILES string of the molecule is C=C(CNCCC)Cn1ncc2ccc([N+](=O)[O-])cc21. The van der Waals surface area contributed by atoms with Crippen LogP contribution in [0.2, 0.25) is 0 Å². The van der Waals surface area contributed by atoms with Gasteiger partial charge in [-0.2, -0.15) is 5.10 Å². The highest BCUT2D eigenvalue weighted by Gasteiger charge is 2.10. The van der Waals surface area contributed by atoms with E-state index in [-0.39, 0.29) is 5.69 Å². The standard InChI is InChI=1S/C14H18N4O2/c1-3-6-15-8-11(2)10-17-14-7-13(18(19)20)5-4-12(14)9-16-17/h4-5,7,9,15H,2-3,6,8,10H2,1H3.